The molecular weight excluding hydrogens is 178 g/mol. The third-order valence-electron chi connectivity index (χ3n) is 2.84. The fourth-order valence-corrected chi connectivity index (χ4v) is 1.63. The summed E-state index contributed by atoms with van der Waals surface area (Å²) in [5, 5.41) is 13.0. The first-order valence-corrected chi connectivity index (χ1v) is 5.69. The largest absolute Gasteiger partial charge is 0.392 e. The van der Waals surface area contributed by atoms with Crippen LogP contribution in [0.25, 0.3) is 0 Å². The van der Waals surface area contributed by atoms with Crippen LogP contribution in [0.1, 0.15) is 33.1 Å². The average Bonchev–Trinajstić information content (AvgIpc) is 2.42. The van der Waals surface area contributed by atoms with Crippen LogP contribution in [0.2, 0.25) is 0 Å². The van der Waals surface area contributed by atoms with Crippen LogP contribution in [0.3, 0.4) is 0 Å². The molecule has 1 saturated heterocycles. The SMILES string of the molecule is CC(C)C(O)CNC1CCCOCC1. The molecule has 2 atom stereocenters. The second kappa shape index (κ2) is 6.38. The maximum atomic E-state index is 9.63. The van der Waals surface area contributed by atoms with E-state index in [0.29, 0.717) is 18.5 Å². The maximum Gasteiger partial charge on any atom is 0.0687 e. The molecule has 1 rings (SSSR count). The lowest BCUT2D eigenvalue weighted by Gasteiger charge is -2.20. The van der Waals surface area contributed by atoms with Gasteiger partial charge in [0, 0.05) is 25.8 Å². The highest BCUT2D eigenvalue weighted by Gasteiger charge is 2.14. The summed E-state index contributed by atoms with van der Waals surface area (Å²) in [7, 11) is 0. The normalized spacial score (nSPS) is 26.1. The lowest BCUT2D eigenvalue weighted by atomic mass is 10.1. The number of aliphatic hydroxyl groups excluding tert-OH is 1. The van der Waals surface area contributed by atoms with E-state index in [-0.39, 0.29) is 6.10 Å². The topological polar surface area (TPSA) is 41.5 Å². The summed E-state index contributed by atoms with van der Waals surface area (Å²) >= 11 is 0. The quantitative estimate of drug-likeness (QED) is 0.717. The van der Waals surface area contributed by atoms with Gasteiger partial charge >= 0.3 is 0 Å². The summed E-state index contributed by atoms with van der Waals surface area (Å²) in [4.78, 5) is 0. The van der Waals surface area contributed by atoms with Crippen LogP contribution in [0, 0.1) is 5.92 Å². The zero-order valence-electron chi connectivity index (χ0n) is 9.33. The molecule has 0 bridgehead atoms. The zero-order valence-corrected chi connectivity index (χ0v) is 9.33. The molecule has 2 unspecified atom stereocenters. The Labute approximate surface area is 86.8 Å². The van der Waals surface area contributed by atoms with Crippen molar-refractivity contribution in [1.29, 1.82) is 0 Å². The predicted octanol–water partition coefficient (Wildman–Crippen LogP) is 1.16. The van der Waals surface area contributed by atoms with Gasteiger partial charge in [-0.1, -0.05) is 13.8 Å². The first kappa shape index (κ1) is 12.0. The van der Waals surface area contributed by atoms with E-state index < -0.39 is 0 Å². The molecule has 1 heterocycles. The molecule has 0 radical (unpaired) electrons. The fraction of sp³-hybridized carbons (Fsp3) is 1.00. The number of aliphatic hydroxyl groups is 1. The van der Waals surface area contributed by atoms with Gasteiger partial charge in [-0.2, -0.15) is 0 Å². The van der Waals surface area contributed by atoms with E-state index in [1.165, 1.54) is 6.42 Å². The van der Waals surface area contributed by atoms with E-state index >= 15 is 0 Å². The number of nitrogens with one attached hydrogen (secondary N) is 1. The van der Waals surface area contributed by atoms with Crippen molar-refractivity contribution in [3.05, 3.63) is 0 Å². The standard InChI is InChI=1S/C11H23NO2/c1-9(2)11(13)8-12-10-4-3-6-14-7-5-10/h9-13H,3-8H2,1-2H3. The molecule has 0 aromatic heterocycles. The molecule has 1 fully saturated rings. The lowest BCUT2D eigenvalue weighted by Crippen LogP contribution is -2.37. The first-order chi connectivity index (χ1) is 6.70. The fourth-order valence-electron chi connectivity index (χ4n) is 1.63. The molecule has 1 aliphatic rings. The van der Waals surface area contributed by atoms with Crippen LogP contribution in [0.15, 0.2) is 0 Å². The number of hydrogen-bond acceptors (Lipinski definition) is 3. The highest BCUT2D eigenvalue weighted by atomic mass is 16.5. The maximum absolute atomic E-state index is 9.63. The van der Waals surface area contributed by atoms with Crippen molar-refractivity contribution in [2.24, 2.45) is 5.92 Å². The monoisotopic (exact) mass is 201 g/mol. The average molecular weight is 201 g/mol. The van der Waals surface area contributed by atoms with Gasteiger partial charge in [0.25, 0.3) is 0 Å². The Morgan fingerprint density at radius 3 is 2.86 bits per heavy atom. The van der Waals surface area contributed by atoms with Crippen molar-refractivity contribution >= 4 is 0 Å². The molecule has 0 spiro atoms. The van der Waals surface area contributed by atoms with E-state index in [9.17, 15) is 5.11 Å². The van der Waals surface area contributed by atoms with Gasteiger partial charge in [-0.15, -0.1) is 0 Å². The molecule has 84 valence electrons. The minimum atomic E-state index is -0.223. The van der Waals surface area contributed by atoms with Crippen molar-refractivity contribution in [2.45, 2.75) is 45.3 Å². The summed E-state index contributed by atoms with van der Waals surface area (Å²) in [6, 6.07) is 0.533. The minimum Gasteiger partial charge on any atom is -0.392 e. The number of ether oxygens (including phenoxy) is 1. The Morgan fingerprint density at radius 2 is 2.14 bits per heavy atom. The summed E-state index contributed by atoms with van der Waals surface area (Å²) in [6.07, 6.45) is 3.16. The van der Waals surface area contributed by atoms with Crippen LogP contribution in [0.5, 0.6) is 0 Å². The van der Waals surface area contributed by atoms with Crippen LogP contribution in [0.4, 0.5) is 0 Å². The number of rotatable bonds is 4. The third kappa shape index (κ3) is 4.40. The Balaban J connectivity index is 2.15. The van der Waals surface area contributed by atoms with Gasteiger partial charge in [-0.3, -0.25) is 0 Å². The molecule has 0 aliphatic carbocycles. The first-order valence-electron chi connectivity index (χ1n) is 5.69. The molecular formula is C11H23NO2. The highest BCUT2D eigenvalue weighted by Crippen LogP contribution is 2.08. The smallest absolute Gasteiger partial charge is 0.0687 e. The van der Waals surface area contributed by atoms with E-state index in [0.717, 1.165) is 26.1 Å². The molecule has 1 aliphatic heterocycles. The summed E-state index contributed by atoms with van der Waals surface area (Å²) < 4.78 is 5.38. The highest BCUT2D eigenvalue weighted by molar-refractivity contribution is 4.72. The summed E-state index contributed by atoms with van der Waals surface area (Å²) in [6.45, 7) is 6.55. The van der Waals surface area contributed by atoms with Crippen molar-refractivity contribution < 1.29 is 9.84 Å². The minimum absolute atomic E-state index is 0.223. The van der Waals surface area contributed by atoms with Gasteiger partial charge in [-0.05, 0) is 25.2 Å². The van der Waals surface area contributed by atoms with Gasteiger partial charge in [-0.25, -0.2) is 0 Å². The van der Waals surface area contributed by atoms with E-state index in [1.807, 2.05) is 13.8 Å². The van der Waals surface area contributed by atoms with Gasteiger partial charge in [0.15, 0.2) is 0 Å². The molecule has 0 aromatic carbocycles. The van der Waals surface area contributed by atoms with Gasteiger partial charge in [0.2, 0.25) is 0 Å². The Kier molecular flexibility index (Phi) is 5.45. The van der Waals surface area contributed by atoms with Crippen molar-refractivity contribution in [3.63, 3.8) is 0 Å². The second-order valence-electron chi connectivity index (χ2n) is 4.46. The summed E-state index contributed by atoms with van der Waals surface area (Å²) in [5.41, 5.74) is 0. The lowest BCUT2D eigenvalue weighted by molar-refractivity contribution is 0.117. The Bertz CT molecular complexity index is 142. The van der Waals surface area contributed by atoms with Gasteiger partial charge in [0.05, 0.1) is 6.10 Å². The van der Waals surface area contributed by atoms with E-state index in [1.54, 1.807) is 0 Å². The number of hydrogen-bond donors (Lipinski definition) is 2. The molecule has 0 aromatic rings. The van der Waals surface area contributed by atoms with Crippen LogP contribution >= 0.6 is 0 Å². The molecule has 0 saturated carbocycles. The Hall–Kier alpha value is -0.120. The second-order valence-corrected chi connectivity index (χ2v) is 4.46. The van der Waals surface area contributed by atoms with Gasteiger partial charge < -0.3 is 15.2 Å². The molecule has 2 N–H and O–H groups in total. The zero-order chi connectivity index (χ0) is 10.4. The van der Waals surface area contributed by atoms with Crippen LogP contribution < -0.4 is 5.32 Å². The summed E-state index contributed by atoms with van der Waals surface area (Å²) in [5.74, 6) is 0.338. The van der Waals surface area contributed by atoms with Crippen molar-refractivity contribution in [3.8, 4) is 0 Å². The molecule has 3 nitrogen and oxygen atoms in total. The van der Waals surface area contributed by atoms with Crippen molar-refractivity contribution in [2.75, 3.05) is 19.8 Å². The third-order valence-corrected chi connectivity index (χ3v) is 2.84. The molecule has 0 amide bonds. The van der Waals surface area contributed by atoms with Gasteiger partial charge in [0.1, 0.15) is 0 Å². The van der Waals surface area contributed by atoms with E-state index in [2.05, 4.69) is 5.32 Å². The predicted molar refractivity (Wildman–Crippen MR) is 57.3 cm³/mol. The van der Waals surface area contributed by atoms with Crippen molar-refractivity contribution in [1.82, 2.24) is 5.32 Å². The molecule has 3 heteroatoms. The van der Waals surface area contributed by atoms with Crippen LogP contribution in [-0.2, 0) is 4.74 Å². The van der Waals surface area contributed by atoms with Crippen LogP contribution in [-0.4, -0.2) is 37.0 Å². The molecule has 14 heavy (non-hydrogen) atoms. The Morgan fingerprint density at radius 1 is 1.36 bits per heavy atom. The van der Waals surface area contributed by atoms with E-state index in [4.69, 9.17) is 4.74 Å².